The second kappa shape index (κ2) is 6.73. The lowest BCUT2D eigenvalue weighted by atomic mass is 9.93. The van der Waals surface area contributed by atoms with Gasteiger partial charge in [-0.1, -0.05) is 13.8 Å². The Labute approximate surface area is 109 Å². The summed E-state index contributed by atoms with van der Waals surface area (Å²) in [5.74, 6) is 0.352. The molecule has 0 bridgehead atoms. The fourth-order valence-corrected chi connectivity index (χ4v) is 2.65. The van der Waals surface area contributed by atoms with E-state index in [4.69, 9.17) is 11.5 Å². The number of hydrogen-bond donors (Lipinski definition) is 2. The smallest absolute Gasteiger partial charge is 0.240 e. The first-order chi connectivity index (χ1) is 8.45. The van der Waals surface area contributed by atoms with E-state index >= 15 is 0 Å². The van der Waals surface area contributed by atoms with Crippen LogP contribution in [0.4, 0.5) is 0 Å². The molecule has 1 aliphatic rings. The van der Waals surface area contributed by atoms with Crippen molar-refractivity contribution in [3.8, 4) is 0 Å². The summed E-state index contributed by atoms with van der Waals surface area (Å²) in [6, 6.07) is -0.407. The van der Waals surface area contributed by atoms with Gasteiger partial charge in [0.05, 0.1) is 0 Å². The van der Waals surface area contributed by atoms with Crippen molar-refractivity contribution in [2.75, 3.05) is 13.1 Å². The molecule has 1 aliphatic heterocycles. The first-order valence-electron chi connectivity index (χ1n) is 6.74. The molecule has 1 saturated heterocycles. The van der Waals surface area contributed by atoms with Crippen LogP contribution in [0.1, 0.15) is 39.5 Å². The third-order valence-corrected chi connectivity index (χ3v) is 3.50. The number of nitrogens with two attached hydrogens (primary N) is 2. The predicted octanol–water partition coefficient (Wildman–Crippen LogP) is 0.474. The third kappa shape index (κ3) is 3.98. The van der Waals surface area contributed by atoms with Crippen molar-refractivity contribution in [3.05, 3.63) is 0 Å². The minimum Gasteiger partial charge on any atom is -0.368 e. The summed E-state index contributed by atoms with van der Waals surface area (Å²) in [5, 5.41) is 0. The monoisotopic (exact) mass is 255 g/mol. The molecule has 2 amide bonds. The van der Waals surface area contributed by atoms with E-state index in [-0.39, 0.29) is 11.8 Å². The fraction of sp³-hybridized carbons (Fsp3) is 0.846. The second-order valence-electron chi connectivity index (χ2n) is 5.58. The van der Waals surface area contributed by atoms with Gasteiger partial charge in [-0.05, 0) is 37.6 Å². The molecule has 0 saturated carbocycles. The number of primary amides is 1. The maximum Gasteiger partial charge on any atom is 0.240 e. The van der Waals surface area contributed by atoms with Crippen molar-refractivity contribution < 1.29 is 9.59 Å². The minimum absolute atomic E-state index is 0.0207. The van der Waals surface area contributed by atoms with Crippen LogP contribution in [-0.2, 0) is 9.59 Å². The molecule has 2 atom stereocenters. The predicted molar refractivity (Wildman–Crippen MR) is 70.5 cm³/mol. The highest BCUT2D eigenvalue weighted by Crippen LogP contribution is 2.21. The van der Waals surface area contributed by atoms with Gasteiger partial charge in [-0.25, -0.2) is 0 Å². The van der Waals surface area contributed by atoms with E-state index in [2.05, 4.69) is 13.8 Å². The van der Waals surface area contributed by atoms with Crippen molar-refractivity contribution in [3.63, 3.8) is 0 Å². The summed E-state index contributed by atoms with van der Waals surface area (Å²) >= 11 is 0. The van der Waals surface area contributed by atoms with Gasteiger partial charge >= 0.3 is 0 Å². The maximum absolute atomic E-state index is 12.2. The Morgan fingerprint density at radius 2 is 2.06 bits per heavy atom. The molecule has 1 heterocycles. The Morgan fingerprint density at radius 1 is 1.39 bits per heavy atom. The van der Waals surface area contributed by atoms with Crippen LogP contribution in [0.5, 0.6) is 0 Å². The molecular weight excluding hydrogens is 230 g/mol. The summed E-state index contributed by atoms with van der Waals surface area (Å²) in [6.07, 6.45) is 2.92. The van der Waals surface area contributed by atoms with E-state index in [1.165, 1.54) is 0 Å². The molecule has 4 N–H and O–H groups in total. The number of carbonyl (C=O) groups excluding carboxylic acids is 2. The van der Waals surface area contributed by atoms with Gasteiger partial charge in [-0.3, -0.25) is 9.59 Å². The van der Waals surface area contributed by atoms with Crippen LogP contribution in [-0.4, -0.2) is 35.8 Å². The zero-order valence-corrected chi connectivity index (χ0v) is 11.4. The van der Waals surface area contributed by atoms with Crippen LogP contribution in [0.3, 0.4) is 0 Å². The standard InChI is InChI=1S/C13H25N3O2/c1-9(2)6-10(8-14)7-12(17)16-5-3-4-11(16)13(15)18/h9-11H,3-8,14H2,1-2H3,(H2,15,18)/t10-,11?/m0/s1. The van der Waals surface area contributed by atoms with Gasteiger partial charge in [0.1, 0.15) is 6.04 Å². The first-order valence-corrected chi connectivity index (χ1v) is 6.74. The molecule has 5 heteroatoms. The fourth-order valence-electron chi connectivity index (χ4n) is 2.65. The zero-order valence-electron chi connectivity index (χ0n) is 11.4. The second-order valence-corrected chi connectivity index (χ2v) is 5.58. The molecule has 1 fully saturated rings. The summed E-state index contributed by atoms with van der Waals surface area (Å²) in [7, 11) is 0. The van der Waals surface area contributed by atoms with Crippen LogP contribution in [0.25, 0.3) is 0 Å². The quantitative estimate of drug-likeness (QED) is 0.723. The number of hydrogen-bond acceptors (Lipinski definition) is 3. The van der Waals surface area contributed by atoms with Gasteiger partial charge < -0.3 is 16.4 Å². The molecule has 0 spiro atoms. The van der Waals surface area contributed by atoms with E-state index in [1.807, 2.05) is 0 Å². The third-order valence-electron chi connectivity index (χ3n) is 3.50. The van der Waals surface area contributed by atoms with Gasteiger partial charge in [-0.15, -0.1) is 0 Å². The Hall–Kier alpha value is -1.10. The molecule has 18 heavy (non-hydrogen) atoms. The number of likely N-dealkylation sites (tertiary alicyclic amines) is 1. The van der Waals surface area contributed by atoms with Crippen LogP contribution < -0.4 is 11.5 Å². The SMILES string of the molecule is CC(C)C[C@H](CN)CC(=O)N1CCCC1C(N)=O. The molecule has 104 valence electrons. The zero-order chi connectivity index (χ0) is 13.7. The van der Waals surface area contributed by atoms with Gasteiger partial charge in [0.2, 0.25) is 11.8 Å². The van der Waals surface area contributed by atoms with Crippen molar-refractivity contribution >= 4 is 11.8 Å². The first kappa shape index (κ1) is 15.0. The van der Waals surface area contributed by atoms with E-state index < -0.39 is 11.9 Å². The van der Waals surface area contributed by atoms with E-state index in [0.29, 0.717) is 31.8 Å². The minimum atomic E-state index is -0.407. The topological polar surface area (TPSA) is 89.4 Å². The Morgan fingerprint density at radius 3 is 2.56 bits per heavy atom. The van der Waals surface area contributed by atoms with Crippen LogP contribution in [0.15, 0.2) is 0 Å². The van der Waals surface area contributed by atoms with Crippen LogP contribution >= 0.6 is 0 Å². The summed E-state index contributed by atoms with van der Waals surface area (Å²) < 4.78 is 0. The highest BCUT2D eigenvalue weighted by atomic mass is 16.2. The highest BCUT2D eigenvalue weighted by molar-refractivity contribution is 5.87. The maximum atomic E-state index is 12.2. The molecule has 0 aromatic rings. The van der Waals surface area contributed by atoms with E-state index in [9.17, 15) is 9.59 Å². The van der Waals surface area contributed by atoms with Crippen molar-refractivity contribution in [2.45, 2.75) is 45.6 Å². The number of rotatable bonds is 6. The summed E-state index contributed by atoms with van der Waals surface area (Å²) in [4.78, 5) is 25.1. The van der Waals surface area contributed by atoms with Gasteiger partial charge in [0, 0.05) is 13.0 Å². The van der Waals surface area contributed by atoms with Crippen LogP contribution in [0, 0.1) is 11.8 Å². The molecule has 0 radical (unpaired) electrons. The molecule has 5 nitrogen and oxygen atoms in total. The Balaban J connectivity index is 2.55. The average Bonchev–Trinajstić information content (AvgIpc) is 2.76. The lowest BCUT2D eigenvalue weighted by Crippen LogP contribution is -2.44. The molecule has 1 unspecified atom stereocenters. The Kier molecular flexibility index (Phi) is 5.59. The summed E-state index contributed by atoms with van der Waals surface area (Å²) in [6.45, 7) is 5.40. The molecule has 0 aromatic carbocycles. The Bertz CT molecular complexity index is 305. The van der Waals surface area contributed by atoms with Crippen molar-refractivity contribution in [1.82, 2.24) is 4.90 Å². The number of carbonyl (C=O) groups is 2. The molecule has 1 rings (SSSR count). The number of nitrogens with zero attached hydrogens (tertiary/aromatic N) is 1. The van der Waals surface area contributed by atoms with E-state index in [1.54, 1.807) is 4.90 Å². The van der Waals surface area contributed by atoms with Crippen LogP contribution in [0.2, 0.25) is 0 Å². The molecule has 0 aromatic heterocycles. The lowest BCUT2D eigenvalue weighted by Gasteiger charge is -2.25. The average molecular weight is 255 g/mol. The van der Waals surface area contributed by atoms with Crippen molar-refractivity contribution in [2.24, 2.45) is 23.3 Å². The summed E-state index contributed by atoms with van der Waals surface area (Å²) in [5.41, 5.74) is 11.0. The highest BCUT2D eigenvalue weighted by Gasteiger charge is 2.33. The largest absolute Gasteiger partial charge is 0.368 e. The normalized spacial score (nSPS) is 21.3. The van der Waals surface area contributed by atoms with Gasteiger partial charge in [-0.2, -0.15) is 0 Å². The molecular formula is C13H25N3O2. The van der Waals surface area contributed by atoms with E-state index in [0.717, 1.165) is 12.8 Å². The van der Waals surface area contributed by atoms with Crippen molar-refractivity contribution in [1.29, 1.82) is 0 Å². The van der Waals surface area contributed by atoms with Gasteiger partial charge in [0.25, 0.3) is 0 Å². The number of amides is 2. The van der Waals surface area contributed by atoms with Gasteiger partial charge in [0.15, 0.2) is 0 Å². The molecule has 0 aliphatic carbocycles. The lowest BCUT2D eigenvalue weighted by molar-refractivity contribution is -0.138.